The van der Waals surface area contributed by atoms with Crippen molar-refractivity contribution in [2.45, 2.75) is 64.6 Å². The van der Waals surface area contributed by atoms with Crippen LogP contribution >= 0.6 is 15.9 Å². The molecule has 27 heavy (non-hydrogen) atoms. The summed E-state index contributed by atoms with van der Waals surface area (Å²) in [5, 5.41) is 4.56. The Morgan fingerprint density at radius 3 is 2.04 bits per heavy atom. The van der Waals surface area contributed by atoms with E-state index in [0.717, 1.165) is 16.5 Å². The number of ether oxygens (including phenoxy) is 2. The van der Waals surface area contributed by atoms with Gasteiger partial charge in [-0.05, 0) is 52.7 Å². The van der Waals surface area contributed by atoms with Crippen LogP contribution in [0.25, 0.3) is 0 Å². The van der Waals surface area contributed by atoms with E-state index in [1.165, 1.54) is 11.2 Å². The molecular formula is C19H28BrN3O4. The standard InChI is InChI=1S/C19H28BrN3O4/c1-18(2,3)26-16(24)22-21-13-23(17(25)27-19(4,5)6)12-15-9-7-14(11-20)8-10-15/h7-10,13H,11-12H2,1-6H3,(H,22,24). The highest BCUT2D eigenvalue weighted by Gasteiger charge is 2.22. The predicted octanol–water partition coefficient (Wildman–Crippen LogP) is 4.79. The van der Waals surface area contributed by atoms with E-state index in [1.54, 1.807) is 41.5 Å². The molecule has 0 saturated carbocycles. The van der Waals surface area contributed by atoms with Crippen molar-refractivity contribution in [1.29, 1.82) is 0 Å². The highest BCUT2D eigenvalue weighted by Crippen LogP contribution is 2.13. The van der Waals surface area contributed by atoms with Gasteiger partial charge in [0.1, 0.15) is 17.5 Å². The molecule has 1 aromatic carbocycles. The van der Waals surface area contributed by atoms with Crippen LogP contribution in [0, 0.1) is 0 Å². The molecule has 7 nitrogen and oxygen atoms in total. The minimum Gasteiger partial charge on any atom is -0.443 e. The number of halogens is 1. The van der Waals surface area contributed by atoms with Crippen LogP contribution in [0.5, 0.6) is 0 Å². The van der Waals surface area contributed by atoms with Crippen LogP contribution in [-0.2, 0) is 21.3 Å². The molecule has 0 fully saturated rings. The zero-order valence-corrected chi connectivity index (χ0v) is 18.3. The quantitative estimate of drug-likeness (QED) is 0.308. The summed E-state index contributed by atoms with van der Waals surface area (Å²) in [4.78, 5) is 25.4. The second-order valence-electron chi connectivity index (χ2n) is 7.92. The zero-order valence-electron chi connectivity index (χ0n) is 16.7. The number of nitrogens with one attached hydrogen (secondary N) is 1. The Hall–Kier alpha value is -2.09. The number of nitrogens with zero attached hydrogens (tertiary/aromatic N) is 2. The summed E-state index contributed by atoms with van der Waals surface area (Å²) in [5.41, 5.74) is 2.98. The van der Waals surface area contributed by atoms with Crippen LogP contribution in [0.2, 0.25) is 0 Å². The fraction of sp³-hybridized carbons (Fsp3) is 0.526. The van der Waals surface area contributed by atoms with Crippen molar-refractivity contribution in [3.05, 3.63) is 35.4 Å². The van der Waals surface area contributed by atoms with Gasteiger partial charge in [-0.1, -0.05) is 40.2 Å². The van der Waals surface area contributed by atoms with E-state index in [-0.39, 0.29) is 6.54 Å². The van der Waals surface area contributed by atoms with Crippen molar-refractivity contribution in [2.24, 2.45) is 5.10 Å². The first kappa shape index (κ1) is 23.0. The summed E-state index contributed by atoms with van der Waals surface area (Å²) in [6.45, 7) is 10.8. The summed E-state index contributed by atoms with van der Waals surface area (Å²) in [7, 11) is 0. The Labute approximate surface area is 169 Å². The summed E-state index contributed by atoms with van der Waals surface area (Å²) in [6, 6.07) is 7.77. The lowest BCUT2D eigenvalue weighted by molar-refractivity contribution is 0.0361. The molecule has 2 amide bonds. The molecular weight excluding hydrogens is 414 g/mol. The first-order valence-corrected chi connectivity index (χ1v) is 9.67. The zero-order chi connectivity index (χ0) is 20.7. The van der Waals surface area contributed by atoms with Crippen molar-refractivity contribution < 1.29 is 19.1 Å². The predicted molar refractivity (Wildman–Crippen MR) is 109 cm³/mol. The molecule has 0 saturated heterocycles. The number of hydrogen-bond acceptors (Lipinski definition) is 5. The molecule has 0 aliphatic heterocycles. The van der Waals surface area contributed by atoms with E-state index in [0.29, 0.717) is 0 Å². The summed E-state index contributed by atoms with van der Waals surface area (Å²) < 4.78 is 10.5. The summed E-state index contributed by atoms with van der Waals surface area (Å²) >= 11 is 3.40. The van der Waals surface area contributed by atoms with Crippen molar-refractivity contribution in [2.75, 3.05) is 0 Å². The lowest BCUT2D eigenvalue weighted by Crippen LogP contribution is -2.36. The van der Waals surface area contributed by atoms with Crippen molar-refractivity contribution >= 4 is 34.5 Å². The Bertz CT molecular complexity index is 661. The fourth-order valence-electron chi connectivity index (χ4n) is 1.86. The number of amides is 2. The molecule has 1 aromatic rings. The first-order valence-electron chi connectivity index (χ1n) is 8.55. The molecule has 0 aliphatic carbocycles. The number of benzene rings is 1. The van der Waals surface area contributed by atoms with Crippen molar-refractivity contribution in [3.8, 4) is 0 Å². The maximum absolute atomic E-state index is 12.5. The number of hydrazone groups is 1. The third-order valence-electron chi connectivity index (χ3n) is 2.91. The van der Waals surface area contributed by atoms with Gasteiger partial charge in [0.05, 0.1) is 6.54 Å². The molecule has 0 spiro atoms. The van der Waals surface area contributed by atoms with Crippen LogP contribution < -0.4 is 5.43 Å². The highest BCUT2D eigenvalue weighted by molar-refractivity contribution is 9.08. The molecule has 0 aliphatic rings. The second kappa shape index (κ2) is 9.73. The van der Waals surface area contributed by atoms with Gasteiger partial charge >= 0.3 is 12.2 Å². The number of hydrogen-bond donors (Lipinski definition) is 1. The molecule has 0 heterocycles. The van der Waals surface area contributed by atoms with Crippen LogP contribution in [0.4, 0.5) is 9.59 Å². The van der Waals surface area contributed by atoms with Gasteiger partial charge in [-0.25, -0.2) is 15.0 Å². The summed E-state index contributed by atoms with van der Waals surface area (Å²) in [6.07, 6.45) is -0.0532. The van der Waals surface area contributed by atoms with Crippen molar-refractivity contribution in [3.63, 3.8) is 0 Å². The van der Waals surface area contributed by atoms with Gasteiger partial charge in [-0.2, -0.15) is 5.10 Å². The van der Waals surface area contributed by atoms with Gasteiger partial charge in [0, 0.05) is 5.33 Å². The van der Waals surface area contributed by atoms with Crippen LogP contribution in [0.1, 0.15) is 52.7 Å². The normalized spacial score (nSPS) is 12.0. The Balaban J connectivity index is 2.85. The molecule has 0 radical (unpaired) electrons. The Morgan fingerprint density at radius 1 is 1.04 bits per heavy atom. The molecule has 0 atom stereocenters. The Morgan fingerprint density at radius 2 is 1.56 bits per heavy atom. The minimum absolute atomic E-state index is 0.247. The van der Waals surface area contributed by atoms with E-state index >= 15 is 0 Å². The number of alkyl halides is 1. The smallest absolute Gasteiger partial charge is 0.428 e. The lowest BCUT2D eigenvalue weighted by Gasteiger charge is -2.25. The second-order valence-corrected chi connectivity index (χ2v) is 8.48. The molecule has 8 heteroatoms. The molecule has 150 valence electrons. The topological polar surface area (TPSA) is 80.2 Å². The van der Waals surface area contributed by atoms with Crippen molar-refractivity contribution in [1.82, 2.24) is 10.3 Å². The average Bonchev–Trinajstić information content (AvgIpc) is 2.51. The number of carbonyl (C=O) groups is 2. The van der Waals surface area contributed by atoms with Gasteiger partial charge in [0.25, 0.3) is 0 Å². The van der Waals surface area contributed by atoms with E-state index in [9.17, 15) is 9.59 Å². The van der Waals surface area contributed by atoms with Crippen LogP contribution in [0.3, 0.4) is 0 Å². The van der Waals surface area contributed by atoms with E-state index in [2.05, 4.69) is 26.5 Å². The van der Waals surface area contributed by atoms with Gasteiger partial charge in [-0.15, -0.1) is 0 Å². The largest absolute Gasteiger partial charge is 0.443 e. The van der Waals surface area contributed by atoms with Gasteiger partial charge in [0.2, 0.25) is 0 Å². The van der Waals surface area contributed by atoms with Crippen LogP contribution in [-0.4, -0.2) is 34.6 Å². The molecule has 0 aromatic heterocycles. The van der Waals surface area contributed by atoms with Gasteiger partial charge in [-0.3, -0.25) is 4.90 Å². The SMILES string of the molecule is CC(C)(C)OC(=O)NN=CN(Cc1ccc(CBr)cc1)C(=O)OC(C)(C)C. The third kappa shape index (κ3) is 9.98. The minimum atomic E-state index is -0.704. The third-order valence-corrected chi connectivity index (χ3v) is 3.56. The lowest BCUT2D eigenvalue weighted by atomic mass is 10.1. The highest BCUT2D eigenvalue weighted by atomic mass is 79.9. The van der Waals surface area contributed by atoms with E-state index in [1.807, 2.05) is 24.3 Å². The Kier molecular flexibility index (Phi) is 8.27. The average molecular weight is 442 g/mol. The maximum atomic E-state index is 12.5. The summed E-state index contributed by atoms with van der Waals surface area (Å²) in [5.74, 6) is 0. The van der Waals surface area contributed by atoms with E-state index in [4.69, 9.17) is 9.47 Å². The van der Waals surface area contributed by atoms with Gasteiger partial charge in [0.15, 0.2) is 0 Å². The molecule has 1 N–H and O–H groups in total. The van der Waals surface area contributed by atoms with E-state index < -0.39 is 23.4 Å². The number of rotatable bonds is 5. The molecule has 1 rings (SSSR count). The van der Waals surface area contributed by atoms with Crippen LogP contribution in [0.15, 0.2) is 29.4 Å². The molecule has 0 unspecified atom stereocenters. The number of carbonyl (C=O) groups excluding carboxylic acids is 2. The fourth-order valence-corrected chi connectivity index (χ4v) is 2.23. The molecule has 0 bridgehead atoms. The maximum Gasteiger partial charge on any atom is 0.428 e. The first-order chi connectivity index (χ1) is 12.4. The van der Waals surface area contributed by atoms with Gasteiger partial charge < -0.3 is 9.47 Å². The monoisotopic (exact) mass is 441 g/mol.